The summed E-state index contributed by atoms with van der Waals surface area (Å²) in [6, 6.07) is 41.7. The number of aryl methyl sites for hydroxylation is 1. The molecule has 0 spiro atoms. The molecule has 0 aliphatic heterocycles. The molecule has 0 amide bonds. The highest BCUT2D eigenvalue weighted by Gasteiger charge is 2.44. The minimum absolute atomic E-state index is 0.154. The molecule has 3 heterocycles. The van der Waals surface area contributed by atoms with Crippen molar-refractivity contribution in [3.8, 4) is 44.9 Å². The van der Waals surface area contributed by atoms with Crippen LogP contribution in [0, 0.1) is 5.82 Å². The smallest absolute Gasteiger partial charge is 0.201 e. The molecule has 0 unspecified atom stereocenters. The lowest BCUT2D eigenvalue weighted by Crippen LogP contribution is -2.43. The topological polar surface area (TPSA) is 104 Å². The van der Waals surface area contributed by atoms with Crippen molar-refractivity contribution in [2.45, 2.75) is 62.9 Å². The average molecular weight is 804 g/mol. The van der Waals surface area contributed by atoms with Crippen LogP contribution in [-0.4, -0.2) is 9.78 Å². The second-order valence-corrected chi connectivity index (χ2v) is 16.7. The number of hydrogen-bond donors (Lipinski definition) is 1. The van der Waals surface area contributed by atoms with E-state index in [1.807, 2.05) is 133 Å². The number of nitrogens with zero attached hydrogens (tertiary/aromatic N) is 2. The van der Waals surface area contributed by atoms with Crippen molar-refractivity contribution in [1.29, 1.82) is 0 Å². The molecule has 2 fully saturated rings. The Kier molecular flexibility index (Phi) is 8.58. The summed E-state index contributed by atoms with van der Waals surface area (Å²) in [7, 11) is 0. The van der Waals surface area contributed by atoms with E-state index < -0.39 is 11.2 Å². The molecular formula is C53H42FN3O4. The molecule has 3 aromatic heterocycles. The molecule has 11 rings (SSSR count). The Morgan fingerprint density at radius 2 is 1.25 bits per heavy atom. The Labute approximate surface area is 350 Å². The zero-order valence-corrected chi connectivity index (χ0v) is 33.7. The third-order valence-electron chi connectivity index (χ3n) is 13.4. The largest absolute Gasteiger partial charge is 0.455 e. The first-order valence-corrected chi connectivity index (χ1v) is 21.1. The molecule has 8 heteroatoms. The second kappa shape index (κ2) is 14.1. The lowest BCUT2D eigenvalue weighted by molar-refractivity contribution is 0.253. The number of rotatable bonds is 8. The van der Waals surface area contributed by atoms with Gasteiger partial charge in [-0.25, -0.2) is 4.39 Å². The van der Waals surface area contributed by atoms with Crippen LogP contribution in [0.25, 0.3) is 77.7 Å². The van der Waals surface area contributed by atoms with Gasteiger partial charge in [0.1, 0.15) is 28.4 Å². The van der Waals surface area contributed by atoms with Gasteiger partial charge in [0.2, 0.25) is 10.9 Å². The van der Waals surface area contributed by atoms with E-state index in [1.54, 1.807) is 12.3 Å². The minimum Gasteiger partial charge on any atom is -0.455 e. The Morgan fingerprint density at radius 3 is 1.82 bits per heavy atom. The highest BCUT2D eigenvalue weighted by Crippen LogP contribution is 2.52. The van der Waals surface area contributed by atoms with Gasteiger partial charge in [0, 0.05) is 39.6 Å². The quantitative estimate of drug-likeness (QED) is 0.164. The van der Waals surface area contributed by atoms with Crippen molar-refractivity contribution in [3.63, 3.8) is 0 Å². The van der Waals surface area contributed by atoms with E-state index in [0.29, 0.717) is 75.3 Å². The van der Waals surface area contributed by atoms with Gasteiger partial charge in [0.15, 0.2) is 5.58 Å². The van der Waals surface area contributed by atoms with E-state index in [1.165, 1.54) is 6.07 Å². The van der Waals surface area contributed by atoms with Crippen LogP contribution in [0.4, 0.5) is 4.39 Å². The summed E-state index contributed by atoms with van der Waals surface area (Å²) in [4.78, 5) is 29.9. The first kappa shape index (κ1) is 37.1. The molecule has 7 nitrogen and oxygen atoms in total. The van der Waals surface area contributed by atoms with Gasteiger partial charge in [0.25, 0.3) is 0 Å². The molecule has 2 saturated carbocycles. The molecule has 6 aromatic carbocycles. The summed E-state index contributed by atoms with van der Waals surface area (Å²) in [6.45, 7) is 2.63. The standard InChI is InChI=1S/C53H42FN3O4/c1-2-57-46-36(31-56-57)19-24-39-47(58)42(50(61-51(39)46)35-13-7-4-8-14-35)32-15-20-37(21-16-32)52(27-9-28-52)45-40(54)25-26-41-44(45)48(59)43(49(60-41)34-11-5-3-6-12-34)33-17-22-38(23-18-33)53(55)29-10-30-53/h3-8,11-26,31H,2,9-10,27-30,55H2,1H3. The van der Waals surface area contributed by atoms with Crippen LogP contribution in [0.15, 0.2) is 158 Å². The number of nitrogens with two attached hydrogens (primary N) is 1. The fourth-order valence-electron chi connectivity index (χ4n) is 9.88. The number of halogens is 1. The van der Waals surface area contributed by atoms with Gasteiger partial charge in [-0.2, -0.15) is 5.10 Å². The molecule has 2 aliphatic carbocycles. The maximum absolute atomic E-state index is 16.8. The number of benzene rings is 6. The molecule has 9 aromatic rings. The third-order valence-corrected chi connectivity index (χ3v) is 13.4. The molecule has 2 N–H and O–H groups in total. The molecule has 0 atom stereocenters. The van der Waals surface area contributed by atoms with E-state index in [9.17, 15) is 4.79 Å². The maximum atomic E-state index is 16.8. The molecule has 0 bridgehead atoms. The highest BCUT2D eigenvalue weighted by molar-refractivity contribution is 6.04. The summed E-state index contributed by atoms with van der Waals surface area (Å²) < 4.78 is 32.1. The van der Waals surface area contributed by atoms with E-state index in [0.717, 1.165) is 58.8 Å². The predicted molar refractivity (Wildman–Crippen MR) is 240 cm³/mol. The zero-order chi connectivity index (χ0) is 41.5. The average Bonchev–Trinajstić information content (AvgIpc) is 3.71. The van der Waals surface area contributed by atoms with Gasteiger partial charge >= 0.3 is 0 Å². The van der Waals surface area contributed by atoms with Crippen LogP contribution in [-0.2, 0) is 17.5 Å². The fourth-order valence-corrected chi connectivity index (χ4v) is 9.88. The summed E-state index contributed by atoms with van der Waals surface area (Å²) in [5.74, 6) is 0.443. The van der Waals surface area contributed by atoms with Crippen LogP contribution >= 0.6 is 0 Å². The van der Waals surface area contributed by atoms with Crippen molar-refractivity contribution in [1.82, 2.24) is 9.78 Å². The Balaban J connectivity index is 1.08. The lowest BCUT2D eigenvalue weighted by atomic mass is 9.59. The van der Waals surface area contributed by atoms with Crippen LogP contribution in [0.2, 0.25) is 0 Å². The van der Waals surface area contributed by atoms with Crippen LogP contribution in [0.3, 0.4) is 0 Å². The van der Waals surface area contributed by atoms with Crippen molar-refractivity contribution in [2.24, 2.45) is 5.73 Å². The van der Waals surface area contributed by atoms with Crippen LogP contribution in [0.5, 0.6) is 0 Å². The SMILES string of the molecule is CCn1ncc2ccc3c(=O)c(-c4ccc(C5(c6c(F)ccc7oc(-c8ccccc8)c(-c8ccc(C9(N)CCC9)cc8)c(=O)c67)CCC5)cc4)c(-c4ccccc4)oc3c21. The Morgan fingerprint density at radius 1 is 0.656 bits per heavy atom. The first-order valence-electron chi connectivity index (χ1n) is 21.1. The lowest BCUT2D eigenvalue weighted by Gasteiger charge is -2.43. The maximum Gasteiger partial charge on any atom is 0.201 e. The van der Waals surface area contributed by atoms with Gasteiger partial charge < -0.3 is 14.6 Å². The Hall–Kier alpha value is -6.90. The minimum atomic E-state index is -0.803. The molecular weight excluding hydrogens is 762 g/mol. The number of aromatic nitrogens is 2. The molecule has 61 heavy (non-hydrogen) atoms. The first-order chi connectivity index (χ1) is 29.8. The third kappa shape index (κ3) is 5.69. The zero-order valence-electron chi connectivity index (χ0n) is 33.7. The number of fused-ring (bicyclic) bond motifs is 4. The van der Waals surface area contributed by atoms with E-state index in [2.05, 4.69) is 5.10 Å². The van der Waals surface area contributed by atoms with E-state index >= 15 is 9.18 Å². The molecule has 0 saturated heterocycles. The fraction of sp³-hybridized carbons (Fsp3) is 0.189. The molecule has 2 aliphatic rings. The Bertz CT molecular complexity index is 3290. The van der Waals surface area contributed by atoms with Gasteiger partial charge in [-0.1, -0.05) is 122 Å². The van der Waals surface area contributed by atoms with Crippen molar-refractivity contribution in [3.05, 3.63) is 183 Å². The number of hydrogen-bond acceptors (Lipinski definition) is 6. The second-order valence-electron chi connectivity index (χ2n) is 16.7. The van der Waals surface area contributed by atoms with Crippen LogP contribution < -0.4 is 16.6 Å². The normalized spacial score (nSPS) is 15.5. The van der Waals surface area contributed by atoms with Crippen molar-refractivity contribution in [2.75, 3.05) is 0 Å². The van der Waals surface area contributed by atoms with Crippen molar-refractivity contribution < 1.29 is 13.2 Å². The molecule has 0 radical (unpaired) electrons. The summed E-state index contributed by atoms with van der Waals surface area (Å²) in [6.07, 6.45) is 6.86. The van der Waals surface area contributed by atoms with E-state index in [4.69, 9.17) is 14.6 Å². The van der Waals surface area contributed by atoms with Gasteiger partial charge in [0.05, 0.1) is 28.1 Å². The summed E-state index contributed by atoms with van der Waals surface area (Å²) in [5, 5.41) is 6.13. The monoisotopic (exact) mass is 803 g/mol. The van der Waals surface area contributed by atoms with Gasteiger partial charge in [-0.3, -0.25) is 14.3 Å². The summed E-state index contributed by atoms with van der Waals surface area (Å²) >= 11 is 0. The van der Waals surface area contributed by atoms with Crippen molar-refractivity contribution >= 4 is 32.8 Å². The van der Waals surface area contributed by atoms with Gasteiger partial charge in [-0.15, -0.1) is 0 Å². The highest BCUT2D eigenvalue weighted by atomic mass is 19.1. The predicted octanol–water partition coefficient (Wildman–Crippen LogP) is 11.9. The summed E-state index contributed by atoms with van der Waals surface area (Å²) in [5.41, 5.74) is 12.6. The van der Waals surface area contributed by atoms with Gasteiger partial charge in [-0.05, 0) is 79.5 Å². The van der Waals surface area contributed by atoms with E-state index in [-0.39, 0.29) is 21.8 Å². The molecule has 300 valence electrons. The van der Waals surface area contributed by atoms with Crippen LogP contribution in [0.1, 0.15) is 62.1 Å².